The summed E-state index contributed by atoms with van der Waals surface area (Å²) >= 11 is 1.38. The molecule has 76 valence electrons. The van der Waals surface area contributed by atoms with Gasteiger partial charge in [0.25, 0.3) is 0 Å². The molecular weight excluding hydrogens is 208 g/mol. The summed E-state index contributed by atoms with van der Waals surface area (Å²) in [6.07, 6.45) is 0. The van der Waals surface area contributed by atoms with Gasteiger partial charge in [0.2, 0.25) is 0 Å². The first-order chi connectivity index (χ1) is 7.27. The van der Waals surface area contributed by atoms with Crippen LogP contribution in [0, 0.1) is 6.92 Å². The van der Waals surface area contributed by atoms with E-state index in [2.05, 4.69) is 0 Å². The van der Waals surface area contributed by atoms with Crippen molar-refractivity contribution in [2.45, 2.75) is 6.92 Å². The van der Waals surface area contributed by atoms with Crippen LogP contribution in [-0.2, 0) is 0 Å². The molecule has 1 heterocycles. The summed E-state index contributed by atoms with van der Waals surface area (Å²) in [6.45, 7) is 1.91. The number of benzene rings is 1. The lowest BCUT2D eigenvalue weighted by Crippen LogP contribution is -2.06. The van der Waals surface area contributed by atoms with Crippen molar-refractivity contribution < 1.29 is 9.53 Å². The molecule has 0 unspecified atom stereocenters. The van der Waals surface area contributed by atoms with Crippen molar-refractivity contribution in [1.29, 1.82) is 0 Å². The Balaban J connectivity index is 2.17. The van der Waals surface area contributed by atoms with E-state index in [1.807, 2.05) is 36.6 Å². The van der Waals surface area contributed by atoms with Crippen molar-refractivity contribution in [3.8, 4) is 5.75 Å². The van der Waals surface area contributed by atoms with Gasteiger partial charge in [0, 0.05) is 0 Å². The van der Waals surface area contributed by atoms with E-state index in [0.717, 1.165) is 5.56 Å². The molecule has 0 saturated carbocycles. The lowest BCUT2D eigenvalue weighted by atomic mass is 10.2. The first-order valence-electron chi connectivity index (χ1n) is 4.58. The number of carbonyl (C=O) groups excluding carboxylic acids is 1. The maximum atomic E-state index is 11.6. The molecule has 0 aliphatic rings. The molecule has 2 aromatic rings. The zero-order valence-corrected chi connectivity index (χ0v) is 9.08. The molecule has 0 saturated heterocycles. The highest BCUT2D eigenvalue weighted by Crippen LogP contribution is 2.19. The van der Waals surface area contributed by atoms with Gasteiger partial charge in [0.15, 0.2) is 0 Å². The van der Waals surface area contributed by atoms with Crippen molar-refractivity contribution in [3.05, 3.63) is 52.2 Å². The molecule has 0 bridgehead atoms. The fraction of sp³-hybridized carbons (Fsp3) is 0.0833. The van der Waals surface area contributed by atoms with E-state index in [4.69, 9.17) is 4.74 Å². The second-order valence-corrected chi connectivity index (χ2v) is 4.08. The van der Waals surface area contributed by atoms with Gasteiger partial charge in [-0.3, -0.25) is 0 Å². The van der Waals surface area contributed by atoms with E-state index in [-0.39, 0.29) is 5.97 Å². The quantitative estimate of drug-likeness (QED) is 0.571. The van der Waals surface area contributed by atoms with Crippen molar-refractivity contribution in [3.63, 3.8) is 0 Å². The number of thiophene rings is 1. The van der Waals surface area contributed by atoms with Crippen LogP contribution in [0.5, 0.6) is 5.75 Å². The van der Waals surface area contributed by atoms with E-state index in [1.54, 1.807) is 12.1 Å². The van der Waals surface area contributed by atoms with Crippen LogP contribution in [0.25, 0.3) is 0 Å². The maximum Gasteiger partial charge on any atom is 0.353 e. The van der Waals surface area contributed by atoms with Crippen LogP contribution < -0.4 is 4.74 Å². The number of esters is 1. The van der Waals surface area contributed by atoms with Crippen LogP contribution in [0.2, 0.25) is 0 Å². The summed E-state index contributed by atoms with van der Waals surface area (Å²) in [5, 5.41) is 1.86. The number of hydrogen-bond donors (Lipinski definition) is 0. The third-order valence-electron chi connectivity index (χ3n) is 2.02. The molecule has 0 fully saturated rings. The van der Waals surface area contributed by atoms with Crippen LogP contribution in [0.1, 0.15) is 15.2 Å². The molecule has 0 N–H and O–H groups in total. The molecule has 2 rings (SSSR count). The van der Waals surface area contributed by atoms with Crippen molar-refractivity contribution in [2.75, 3.05) is 0 Å². The minimum absolute atomic E-state index is 0.292. The van der Waals surface area contributed by atoms with Gasteiger partial charge in [-0.1, -0.05) is 24.3 Å². The smallest absolute Gasteiger partial charge is 0.353 e. The molecule has 0 spiro atoms. The summed E-state index contributed by atoms with van der Waals surface area (Å²) in [5.74, 6) is 0.329. The molecule has 2 nitrogen and oxygen atoms in total. The molecule has 0 amide bonds. The number of rotatable bonds is 2. The monoisotopic (exact) mass is 218 g/mol. The van der Waals surface area contributed by atoms with Crippen LogP contribution in [0.4, 0.5) is 0 Å². The molecule has 0 aliphatic heterocycles. The summed E-state index contributed by atoms with van der Waals surface area (Å²) in [7, 11) is 0. The minimum atomic E-state index is -0.292. The summed E-state index contributed by atoms with van der Waals surface area (Å²) in [6, 6.07) is 11.1. The summed E-state index contributed by atoms with van der Waals surface area (Å²) < 4.78 is 5.26. The fourth-order valence-corrected chi connectivity index (χ4v) is 1.81. The molecule has 0 radical (unpaired) electrons. The largest absolute Gasteiger partial charge is 0.422 e. The first-order valence-corrected chi connectivity index (χ1v) is 5.46. The van der Waals surface area contributed by atoms with E-state index in [0.29, 0.717) is 10.6 Å². The second-order valence-electron chi connectivity index (χ2n) is 3.13. The summed E-state index contributed by atoms with van der Waals surface area (Å²) in [5.41, 5.74) is 0.961. The Morgan fingerprint density at radius 3 is 2.67 bits per heavy atom. The van der Waals surface area contributed by atoms with Crippen LogP contribution in [0.15, 0.2) is 41.8 Å². The highest BCUT2D eigenvalue weighted by Gasteiger charge is 2.10. The SMILES string of the molecule is Cc1ccccc1OC(=O)c1cccs1. The van der Waals surface area contributed by atoms with E-state index < -0.39 is 0 Å². The number of ether oxygens (including phenoxy) is 1. The Hall–Kier alpha value is -1.61. The Morgan fingerprint density at radius 1 is 1.20 bits per heavy atom. The fourth-order valence-electron chi connectivity index (χ4n) is 1.22. The number of para-hydroxylation sites is 1. The average molecular weight is 218 g/mol. The second kappa shape index (κ2) is 4.28. The Kier molecular flexibility index (Phi) is 2.83. The average Bonchev–Trinajstić information content (AvgIpc) is 2.74. The van der Waals surface area contributed by atoms with Gasteiger partial charge in [-0.25, -0.2) is 4.79 Å². The van der Waals surface area contributed by atoms with Crippen molar-refractivity contribution >= 4 is 17.3 Å². The Morgan fingerprint density at radius 2 is 2.00 bits per heavy atom. The van der Waals surface area contributed by atoms with Gasteiger partial charge in [-0.15, -0.1) is 11.3 Å². The molecular formula is C12H10O2S. The van der Waals surface area contributed by atoms with E-state index >= 15 is 0 Å². The lowest BCUT2D eigenvalue weighted by molar-refractivity contribution is 0.0738. The van der Waals surface area contributed by atoms with Gasteiger partial charge in [-0.05, 0) is 30.0 Å². The van der Waals surface area contributed by atoms with Crippen LogP contribution in [-0.4, -0.2) is 5.97 Å². The van der Waals surface area contributed by atoms with Gasteiger partial charge in [0.1, 0.15) is 10.6 Å². The third-order valence-corrected chi connectivity index (χ3v) is 2.87. The number of hydrogen-bond acceptors (Lipinski definition) is 3. The molecule has 0 atom stereocenters. The van der Waals surface area contributed by atoms with Gasteiger partial charge in [0.05, 0.1) is 0 Å². The molecule has 15 heavy (non-hydrogen) atoms. The molecule has 1 aromatic heterocycles. The van der Waals surface area contributed by atoms with Gasteiger partial charge < -0.3 is 4.74 Å². The summed E-state index contributed by atoms with van der Waals surface area (Å²) in [4.78, 5) is 12.2. The number of carbonyl (C=O) groups is 1. The number of aryl methyl sites for hydroxylation is 1. The third kappa shape index (κ3) is 2.25. The standard InChI is InChI=1S/C12H10O2S/c1-9-5-2-3-6-10(9)14-12(13)11-7-4-8-15-11/h2-8H,1H3. The zero-order chi connectivity index (χ0) is 10.7. The van der Waals surface area contributed by atoms with Crippen molar-refractivity contribution in [2.24, 2.45) is 0 Å². The Bertz CT molecular complexity index is 460. The molecule has 0 aliphatic carbocycles. The highest BCUT2D eigenvalue weighted by molar-refractivity contribution is 7.12. The van der Waals surface area contributed by atoms with Crippen molar-refractivity contribution in [1.82, 2.24) is 0 Å². The Labute approximate surface area is 92.1 Å². The molecule has 1 aromatic carbocycles. The maximum absolute atomic E-state index is 11.6. The normalized spacial score (nSPS) is 9.93. The van der Waals surface area contributed by atoms with E-state index in [9.17, 15) is 4.79 Å². The van der Waals surface area contributed by atoms with Crippen LogP contribution >= 0.6 is 11.3 Å². The minimum Gasteiger partial charge on any atom is -0.422 e. The van der Waals surface area contributed by atoms with Gasteiger partial charge in [-0.2, -0.15) is 0 Å². The zero-order valence-electron chi connectivity index (χ0n) is 8.27. The van der Waals surface area contributed by atoms with Gasteiger partial charge >= 0.3 is 5.97 Å². The predicted octanol–water partition coefficient (Wildman–Crippen LogP) is 3.28. The highest BCUT2D eigenvalue weighted by atomic mass is 32.1. The predicted molar refractivity (Wildman–Crippen MR) is 60.5 cm³/mol. The molecule has 3 heteroatoms. The lowest BCUT2D eigenvalue weighted by Gasteiger charge is -2.04. The topological polar surface area (TPSA) is 26.3 Å². The first kappa shape index (κ1) is 9.93. The van der Waals surface area contributed by atoms with Crippen LogP contribution in [0.3, 0.4) is 0 Å². The van der Waals surface area contributed by atoms with E-state index in [1.165, 1.54) is 11.3 Å².